The number of hydrogen-bond acceptors (Lipinski definition) is 3. The maximum atomic E-state index is 11.9. The molecular weight excluding hydrogens is 248 g/mol. The zero-order valence-electron chi connectivity index (χ0n) is 11.9. The number of hydrogen-bond donors (Lipinski definition) is 2. The number of methoxy groups -OCH3 is 1. The first-order chi connectivity index (χ1) is 8.93. The highest BCUT2D eigenvalue weighted by molar-refractivity contribution is 5.74. The van der Waals surface area contributed by atoms with Gasteiger partial charge in [0.1, 0.15) is 0 Å². The molecule has 2 amide bonds. The van der Waals surface area contributed by atoms with Crippen molar-refractivity contribution in [2.75, 3.05) is 26.7 Å². The number of amides is 2. The van der Waals surface area contributed by atoms with Gasteiger partial charge in [0.2, 0.25) is 0 Å². The number of carbonyl (C=O) groups is 2. The number of carboxylic acids is 1. The number of nitrogens with one attached hydrogen (secondary N) is 1. The van der Waals surface area contributed by atoms with Crippen LogP contribution < -0.4 is 5.32 Å². The van der Waals surface area contributed by atoms with E-state index in [1.54, 1.807) is 4.90 Å². The smallest absolute Gasteiger partial charge is 0.317 e. The molecule has 1 fully saturated rings. The van der Waals surface area contributed by atoms with Crippen molar-refractivity contribution in [3.63, 3.8) is 0 Å². The average molecular weight is 272 g/mol. The zero-order valence-corrected chi connectivity index (χ0v) is 11.9. The first-order valence-electron chi connectivity index (χ1n) is 6.71. The molecular formula is C13H24N2O4. The molecule has 0 aliphatic carbocycles. The summed E-state index contributed by atoms with van der Waals surface area (Å²) in [6, 6.07) is -0.129. The molecule has 0 aromatic rings. The van der Waals surface area contributed by atoms with Gasteiger partial charge in [-0.3, -0.25) is 4.79 Å². The van der Waals surface area contributed by atoms with Gasteiger partial charge in [-0.2, -0.15) is 0 Å². The predicted octanol–water partition coefficient (Wildman–Crippen LogP) is 1.16. The highest BCUT2D eigenvalue weighted by atomic mass is 16.5. The third-order valence-corrected chi connectivity index (χ3v) is 3.67. The molecule has 0 aromatic carbocycles. The number of ether oxygens (including phenoxy) is 1. The molecule has 2 atom stereocenters. The quantitative estimate of drug-likeness (QED) is 0.760. The summed E-state index contributed by atoms with van der Waals surface area (Å²) < 4.78 is 5.02. The van der Waals surface area contributed by atoms with Crippen molar-refractivity contribution in [3.8, 4) is 0 Å². The summed E-state index contributed by atoms with van der Waals surface area (Å²) in [6.45, 7) is 6.11. The molecule has 1 saturated heterocycles. The van der Waals surface area contributed by atoms with E-state index in [-0.39, 0.29) is 19.0 Å². The van der Waals surface area contributed by atoms with Crippen molar-refractivity contribution in [1.82, 2.24) is 10.2 Å². The summed E-state index contributed by atoms with van der Waals surface area (Å²) in [5.74, 6) is 0.210. The largest absolute Gasteiger partial charge is 0.481 e. The van der Waals surface area contributed by atoms with Crippen molar-refractivity contribution >= 4 is 12.0 Å². The van der Waals surface area contributed by atoms with Crippen LogP contribution in [0.4, 0.5) is 4.79 Å². The lowest BCUT2D eigenvalue weighted by Gasteiger charge is -2.20. The summed E-state index contributed by atoms with van der Waals surface area (Å²) in [5.41, 5.74) is 0. The van der Waals surface area contributed by atoms with Crippen LogP contribution in [-0.4, -0.2) is 54.9 Å². The zero-order chi connectivity index (χ0) is 14.4. The van der Waals surface area contributed by atoms with E-state index < -0.39 is 12.1 Å². The van der Waals surface area contributed by atoms with Crippen molar-refractivity contribution in [2.24, 2.45) is 11.8 Å². The number of aliphatic carboxylic acids is 1. The lowest BCUT2D eigenvalue weighted by atomic mass is 9.95. The summed E-state index contributed by atoms with van der Waals surface area (Å²) in [7, 11) is 1.45. The predicted molar refractivity (Wildman–Crippen MR) is 71.0 cm³/mol. The number of nitrogens with zero attached hydrogens (tertiary/aromatic N) is 1. The fourth-order valence-corrected chi connectivity index (χ4v) is 2.26. The Labute approximate surface area is 114 Å². The van der Waals surface area contributed by atoms with Gasteiger partial charge >= 0.3 is 12.0 Å². The number of rotatable bonds is 6. The molecule has 110 valence electrons. The highest BCUT2D eigenvalue weighted by Gasteiger charge is 2.28. The third-order valence-electron chi connectivity index (χ3n) is 3.67. The van der Waals surface area contributed by atoms with Crippen molar-refractivity contribution in [1.29, 1.82) is 0 Å². The second-order valence-corrected chi connectivity index (χ2v) is 5.38. The molecule has 0 bridgehead atoms. The van der Waals surface area contributed by atoms with E-state index in [4.69, 9.17) is 9.84 Å². The van der Waals surface area contributed by atoms with Crippen LogP contribution in [0, 0.1) is 11.8 Å². The van der Waals surface area contributed by atoms with E-state index >= 15 is 0 Å². The lowest BCUT2D eigenvalue weighted by molar-refractivity contribution is -0.139. The van der Waals surface area contributed by atoms with Gasteiger partial charge in [-0.15, -0.1) is 0 Å². The average Bonchev–Trinajstić information content (AvgIpc) is 2.83. The van der Waals surface area contributed by atoms with Crippen molar-refractivity contribution in [2.45, 2.75) is 32.8 Å². The first-order valence-corrected chi connectivity index (χ1v) is 6.71. The van der Waals surface area contributed by atoms with Crippen molar-refractivity contribution in [3.05, 3.63) is 0 Å². The highest BCUT2D eigenvalue weighted by Crippen LogP contribution is 2.23. The molecule has 6 heteroatoms. The second kappa shape index (κ2) is 7.33. The molecule has 0 radical (unpaired) electrons. The van der Waals surface area contributed by atoms with Gasteiger partial charge in [0.25, 0.3) is 0 Å². The van der Waals surface area contributed by atoms with Crippen molar-refractivity contribution < 1.29 is 19.4 Å². The lowest BCUT2D eigenvalue weighted by Crippen LogP contribution is -2.42. The Morgan fingerprint density at radius 2 is 2.16 bits per heavy atom. The molecule has 1 aliphatic heterocycles. The van der Waals surface area contributed by atoms with Crippen LogP contribution in [0.2, 0.25) is 0 Å². The number of carboxylic acid groups (broad SMARTS) is 1. The maximum absolute atomic E-state index is 11.9. The van der Waals surface area contributed by atoms with Crippen LogP contribution in [0.3, 0.4) is 0 Å². The van der Waals surface area contributed by atoms with Gasteiger partial charge in [-0.05, 0) is 18.3 Å². The van der Waals surface area contributed by atoms with Gasteiger partial charge < -0.3 is 20.1 Å². The van der Waals surface area contributed by atoms with Gasteiger partial charge in [-0.25, -0.2) is 4.79 Å². The van der Waals surface area contributed by atoms with Gasteiger partial charge in [-0.1, -0.05) is 13.8 Å². The molecule has 2 unspecified atom stereocenters. The standard InChI is InChI=1S/C13H24N2O4/c1-9(2)10-4-5-15(8-10)13(18)14-7-11(19-3)6-12(16)17/h9-11H,4-8H2,1-3H3,(H,14,18)(H,16,17). The Morgan fingerprint density at radius 1 is 1.47 bits per heavy atom. The van der Waals surface area contributed by atoms with Gasteiger partial charge in [0.15, 0.2) is 0 Å². The van der Waals surface area contributed by atoms with E-state index in [2.05, 4.69) is 19.2 Å². The Morgan fingerprint density at radius 3 is 2.63 bits per heavy atom. The second-order valence-electron chi connectivity index (χ2n) is 5.38. The van der Waals surface area contributed by atoms with E-state index in [1.165, 1.54) is 7.11 Å². The monoisotopic (exact) mass is 272 g/mol. The van der Waals surface area contributed by atoms with Gasteiger partial charge in [0.05, 0.1) is 12.5 Å². The summed E-state index contributed by atoms with van der Waals surface area (Å²) >= 11 is 0. The van der Waals surface area contributed by atoms with Crippen LogP contribution in [0.5, 0.6) is 0 Å². The molecule has 6 nitrogen and oxygen atoms in total. The minimum atomic E-state index is -0.929. The Hall–Kier alpha value is -1.30. The van der Waals surface area contributed by atoms with Crippen LogP contribution >= 0.6 is 0 Å². The number of likely N-dealkylation sites (tertiary alicyclic amines) is 1. The molecule has 0 spiro atoms. The summed E-state index contributed by atoms with van der Waals surface area (Å²) in [4.78, 5) is 24.3. The molecule has 0 saturated carbocycles. The molecule has 1 aliphatic rings. The Bertz CT molecular complexity index is 320. The van der Waals surface area contributed by atoms with E-state index in [0.717, 1.165) is 19.5 Å². The number of urea groups is 1. The molecule has 1 heterocycles. The normalized spacial score (nSPS) is 20.6. The summed E-state index contributed by atoms with van der Waals surface area (Å²) in [5, 5.41) is 11.4. The summed E-state index contributed by atoms with van der Waals surface area (Å²) in [6.07, 6.45) is 0.448. The molecule has 1 rings (SSSR count). The minimum Gasteiger partial charge on any atom is -0.481 e. The fourth-order valence-electron chi connectivity index (χ4n) is 2.26. The Kier molecular flexibility index (Phi) is 6.08. The molecule has 0 aromatic heterocycles. The van der Waals surface area contributed by atoms with E-state index in [9.17, 15) is 9.59 Å². The van der Waals surface area contributed by atoms with Crippen LogP contribution in [0.15, 0.2) is 0 Å². The topological polar surface area (TPSA) is 78.9 Å². The SMILES string of the molecule is COC(CNC(=O)N1CCC(C(C)C)C1)CC(=O)O. The van der Waals surface area contributed by atoms with E-state index in [1.807, 2.05) is 0 Å². The molecule has 19 heavy (non-hydrogen) atoms. The third kappa shape index (κ3) is 5.06. The van der Waals surface area contributed by atoms with Gasteiger partial charge in [0, 0.05) is 26.7 Å². The molecule has 2 N–H and O–H groups in total. The minimum absolute atomic E-state index is 0.106. The fraction of sp³-hybridized carbons (Fsp3) is 0.846. The first kappa shape index (κ1) is 15.8. The Balaban J connectivity index is 2.33. The maximum Gasteiger partial charge on any atom is 0.317 e. The van der Waals surface area contributed by atoms with Crippen LogP contribution in [0.25, 0.3) is 0 Å². The van der Waals surface area contributed by atoms with Crippen LogP contribution in [0.1, 0.15) is 26.7 Å². The van der Waals surface area contributed by atoms with E-state index in [0.29, 0.717) is 11.8 Å². The van der Waals surface area contributed by atoms with Crippen LogP contribution in [-0.2, 0) is 9.53 Å². The number of carbonyl (C=O) groups excluding carboxylic acids is 1.